The summed E-state index contributed by atoms with van der Waals surface area (Å²) in [5, 5.41) is 19.9. The molecule has 0 amide bonds. The van der Waals surface area contributed by atoms with Crippen molar-refractivity contribution in [3.63, 3.8) is 0 Å². The van der Waals surface area contributed by atoms with Gasteiger partial charge in [-0.15, -0.1) is 0 Å². The van der Waals surface area contributed by atoms with E-state index in [9.17, 15) is 14.9 Å². The molecule has 8 heteroatoms. The molecule has 0 aliphatic heterocycles. The summed E-state index contributed by atoms with van der Waals surface area (Å²) in [6.07, 6.45) is 1.25. The van der Waals surface area contributed by atoms with Gasteiger partial charge < -0.3 is 9.15 Å². The number of nitro benzene ring substituents is 1. The highest BCUT2D eigenvalue weighted by Gasteiger charge is 2.15. The number of carbonyl (C=O) groups is 1. The molecule has 2 aromatic rings. The van der Waals surface area contributed by atoms with Crippen LogP contribution in [-0.2, 0) is 9.53 Å². The number of ether oxygens (including phenoxy) is 1. The Kier molecular flexibility index (Phi) is 5.35. The minimum atomic E-state index is -0.744. The second-order valence-electron chi connectivity index (χ2n) is 4.51. The number of benzene rings is 1. The van der Waals surface area contributed by atoms with Crippen molar-refractivity contribution in [3.05, 3.63) is 56.8 Å². The first-order chi connectivity index (χ1) is 11.5. The third-order valence-electron chi connectivity index (χ3n) is 2.96. The summed E-state index contributed by atoms with van der Waals surface area (Å²) < 4.78 is 10.3. The molecule has 1 heterocycles. The molecule has 0 N–H and O–H groups in total. The monoisotopic (exact) mass is 346 g/mol. The van der Waals surface area contributed by atoms with Crippen LogP contribution in [0.4, 0.5) is 5.69 Å². The average Bonchev–Trinajstić information content (AvgIpc) is 3.00. The summed E-state index contributed by atoms with van der Waals surface area (Å²) in [6, 6.07) is 8.85. The first-order valence-corrected chi connectivity index (χ1v) is 7.17. The number of esters is 1. The summed E-state index contributed by atoms with van der Waals surface area (Å²) in [5.41, 5.74) is 0.119. The van der Waals surface area contributed by atoms with Crippen molar-refractivity contribution < 1.29 is 18.9 Å². The maximum atomic E-state index is 11.6. The molecule has 0 saturated carbocycles. The van der Waals surface area contributed by atoms with Crippen LogP contribution in [0.2, 0.25) is 5.02 Å². The Morgan fingerprint density at radius 2 is 2.21 bits per heavy atom. The van der Waals surface area contributed by atoms with Crippen molar-refractivity contribution in [2.24, 2.45) is 0 Å². The number of halogens is 1. The molecule has 24 heavy (non-hydrogen) atoms. The molecule has 0 fully saturated rings. The summed E-state index contributed by atoms with van der Waals surface area (Å²) in [6.45, 7) is 1.79. The lowest BCUT2D eigenvalue weighted by Crippen LogP contribution is -2.05. The highest BCUT2D eigenvalue weighted by atomic mass is 35.5. The first-order valence-electron chi connectivity index (χ1n) is 6.79. The smallest absolute Gasteiger partial charge is 0.349 e. The van der Waals surface area contributed by atoms with Gasteiger partial charge in [0.15, 0.2) is 0 Å². The van der Waals surface area contributed by atoms with Crippen LogP contribution in [0.1, 0.15) is 12.7 Å². The van der Waals surface area contributed by atoms with Gasteiger partial charge in [-0.05, 0) is 25.1 Å². The summed E-state index contributed by atoms with van der Waals surface area (Å²) in [4.78, 5) is 21.7. The van der Waals surface area contributed by atoms with E-state index in [0.29, 0.717) is 11.3 Å². The Bertz CT molecular complexity index is 864. The topological polar surface area (TPSA) is 106 Å². The molecule has 0 atom stereocenters. The van der Waals surface area contributed by atoms with E-state index in [1.54, 1.807) is 25.1 Å². The number of rotatable bonds is 5. The standard InChI is InChI=1S/C16H11ClN2O5/c1-2-23-16(20)10(9-18)7-12-4-6-15(24-12)13-5-3-11(19(21)22)8-14(13)17/h3-8H,2H2,1H3/b10-7-. The van der Waals surface area contributed by atoms with Crippen LogP contribution in [0.3, 0.4) is 0 Å². The van der Waals surface area contributed by atoms with Gasteiger partial charge in [0.25, 0.3) is 5.69 Å². The van der Waals surface area contributed by atoms with Crippen LogP contribution < -0.4 is 0 Å². The molecule has 0 radical (unpaired) electrons. The molecular formula is C16H11ClN2O5. The fourth-order valence-corrected chi connectivity index (χ4v) is 2.15. The van der Waals surface area contributed by atoms with Gasteiger partial charge in [0.2, 0.25) is 0 Å². The Labute approximate surface area is 141 Å². The largest absolute Gasteiger partial charge is 0.462 e. The second-order valence-corrected chi connectivity index (χ2v) is 4.92. The minimum absolute atomic E-state index is 0.135. The van der Waals surface area contributed by atoms with Gasteiger partial charge in [-0.1, -0.05) is 11.6 Å². The van der Waals surface area contributed by atoms with Crippen molar-refractivity contribution in [2.45, 2.75) is 6.92 Å². The Morgan fingerprint density at radius 3 is 2.79 bits per heavy atom. The number of nitro groups is 1. The van der Waals surface area contributed by atoms with Crippen molar-refractivity contribution >= 4 is 29.3 Å². The predicted octanol–water partition coefficient (Wildman–Crippen LogP) is 3.98. The first kappa shape index (κ1) is 17.2. The van der Waals surface area contributed by atoms with Crippen molar-refractivity contribution in [2.75, 3.05) is 6.61 Å². The number of hydrogen-bond donors (Lipinski definition) is 0. The van der Waals surface area contributed by atoms with Crippen LogP contribution >= 0.6 is 11.6 Å². The van der Waals surface area contributed by atoms with E-state index >= 15 is 0 Å². The molecule has 0 saturated heterocycles. The lowest BCUT2D eigenvalue weighted by atomic mass is 10.1. The molecule has 2 rings (SSSR count). The van der Waals surface area contributed by atoms with Gasteiger partial charge in [-0.3, -0.25) is 10.1 Å². The van der Waals surface area contributed by atoms with Gasteiger partial charge in [0.05, 0.1) is 16.6 Å². The average molecular weight is 347 g/mol. The van der Waals surface area contributed by atoms with Crippen molar-refractivity contribution in [1.29, 1.82) is 5.26 Å². The lowest BCUT2D eigenvalue weighted by molar-refractivity contribution is -0.384. The Morgan fingerprint density at radius 1 is 1.46 bits per heavy atom. The van der Waals surface area contributed by atoms with Crippen LogP contribution in [0.25, 0.3) is 17.4 Å². The number of furan rings is 1. The van der Waals surface area contributed by atoms with Crippen molar-refractivity contribution in [3.8, 4) is 17.4 Å². The van der Waals surface area contributed by atoms with Crippen LogP contribution in [0, 0.1) is 21.4 Å². The summed E-state index contributed by atoms with van der Waals surface area (Å²) >= 11 is 6.04. The molecule has 0 aliphatic carbocycles. The van der Waals surface area contributed by atoms with Crippen LogP contribution in [0.5, 0.6) is 0 Å². The normalized spacial score (nSPS) is 11.0. The molecule has 7 nitrogen and oxygen atoms in total. The molecule has 0 spiro atoms. The summed E-state index contributed by atoms with van der Waals surface area (Å²) in [5.74, 6) is -0.141. The number of nitriles is 1. The van der Waals surface area contributed by atoms with Crippen LogP contribution in [-0.4, -0.2) is 17.5 Å². The van der Waals surface area contributed by atoms with Gasteiger partial charge in [-0.2, -0.15) is 5.26 Å². The number of nitrogens with zero attached hydrogens (tertiary/aromatic N) is 2. The number of hydrogen-bond acceptors (Lipinski definition) is 6. The zero-order valence-corrected chi connectivity index (χ0v) is 13.2. The quantitative estimate of drug-likeness (QED) is 0.266. The molecule has 0 unspecified atom stereocenters. The maximum Gasteiger partial charge on any atom is 0.349 e. The van der Waals surface area contributed by atoms with E-state index in [0.717, 1.165) is 0 Å². The Hall–Kier alpha value is -3.11. The summed E-state index contributed by atoms with van der Waals surface area (Å²) in [7, 11) is 0. The van der Waals surface area contributed by atoms with E-state index in [1.165, 1.54) is 24.3 Å². The van der Waals surface area contributed by atoms with Crippen LogP contribution in [0.15, 0.2) is 40.3 Å². The number of non-ortho nitro benzene ring substituents is 1. The van der Waals surface area contributed by atoms with Gasteiger partial charge in [-0.25, -0.2) is 4.79 Å². The molecular weight excluding hydrogens is 336 g/mol. The van der Waals surface area contributed by atoms with Gasteiger partial charge in [0, 0.05) is 23.8 Å². The minimum Gasteiger partial charge on any atom is -0.462 e. The van der Waals surface area contributed by atoms with Gasteiger partial charge >= 0.3 is 5.97 Å². The molecule has 1 aromatic carbocycles. The van der Waals surface area contributed by atoms with E-state index < -0.39 is 10.9 Å². The zero-order chi connectivity index (χ0) is 17.7. The Balaban J connectivity index is 2.33. The molecule has 0 aliphatic rings. The maximum absolute atomic E-state index is 11.6. The lowest BCUT2D eigenvalue weighted by Gasteiger charge is -2.01. The van der Waals surface area contributed by atoms with E-state index in [-0.39, 0.29) is 28.7 Å². The zero-order valence-electron chi connectivity index (χ0n) is 12.5. The molecule has 122 valence electrons. The third kappa shape index (κ3) is 3.80. The van der Waals surface area contributed by atoms with E-state index in [1.807, 2.05) is 0 Å². The van der Waals surface area contributed by atoms with Gasteiger partial charge in [0.1, 0.15) is 23.2 Å². The van der Waals surface area contributed by atoms with Crippen molar-refractivity contribution in [1.82, 2.24) is 0 Å². The predicted molar refractivity (Wildman–Crippen MR) is 86.0 cm³/mol. The second kappa shape index (κ2) is 7.44. The highest BCUT2D eigenvalue weighted by Crippen LogP contribution is 2.32. The number of carbonyl (C=O) groups excluding carboxylic acids is 1. The molecule has 1 aromatic heterocycles. The highest BCUT2D eigenvalue weighted by molar-refractivity contribution is 6.33. The molecule has 0 bridgehead atoms. The fraction of sp³-hybridized carbons (Fsp3) is 0.125. The third-order valence-corrected chi connectivity index (χ3v) is 3.27. The SMILES string of the molecule is CCOC(=O)/C(C#N)=C\c1ccc(-c2ccc([N+](=O)[O-])cc2Cl)o1. The fourth-order valence-electron chi connectivity index (χ4n) is 1.88. The van der Waals surface area contributed by atoms with E-state index in [2.05, 4.69) is 0 Å². The van der Waals surface area contributed by atoms with E-state index in [4.69, 9.17) is 26.0 Å².